The maximum absolute atomic E-state index is 6.01. The minimum absolute atomic E-state index is 0.707. The summed E-state index contributed by atoms with van der Waals surface area (Å²) in [5.74, 6) is 0. The molecule has 1 aromatic rings. The van der Waals surface area contributed by atoms with Crippen molar-refractivity contribution in [1.82, 2.24) is 5.32 Å². The van der Waals surface area contributed by atoms with E-state index in [1.165, 1.54) is 6.26 Å². The van der Waals surface area contributed by atoms with Gasteiger partial charge in [0.1, 0.15) is 0 Å². The van der Waals surface area contributed by atoms with E-state index in [9.17, 15) is 0 Å². The molecule has 0 aliphatic carbocycles. The molecule has 0 aliphatic heterocycles. The van der Waals surface area contributed by atoms with Crippen molar-refractivity contribution in [2.75, 3.05) is 13.2 Å². The van der Waals surface area contributed by atoms with Gasteiger partial charge in [0.15, 0.2) is 0 Å². The number of halogens is 1. The van der Waals surface area contributed by atoms with E-state index in [2.05, 4.69) is 11.9 Å². The van der Waals surface area contributed by atoms with Gasteiger partial charge in [0.2, 0.25) is 0 Å². The Bertz CT molecular complexity index is 301. The largest absolute Gasteiger partial charge is 0.502 e. The van der Waals surface area contributed by atoms with Crippen molar-refractivity contribution in [2.45, 2.75) is 13.0 Å². The number of ether oxygens (including phenoxy) is 1. The standard InChI is InChI=1S/C12H16ClNO/c1-2-15-9-5-8-14-10-11-6-3-4-7-12(11)13/h2-4,6-7,14H,1,5,8-10H2. The molecule has 0 saturated carbocycles. The van der Waals surface area contributed by atoms with Crippen molar-refractivity contribution in [3.05, 3.63) is 47.7 Å². The Morgan fingerprint density at radius 1 is 1.40 bits per heavy atom. The van der Waals surface area contributed by atoms with Gasteiger partial charge >= 0.3 is 0 Å². The van der Waals surface area contributed by atoms with Crippen LogP contribution in [0.25, 0.3) is 0 Å². The monoisotopic (exact) mass is 225 g/mol. The molecule has 0 unspecified atom stereocenters. The molecule has 0 fully saturated rings. The topological polar surface area (TPSA) is 21.3 Å². The van der Waals surface area contributed by atoms with E-state index < -0.39 is 0 Å². The van der Waals surface area contributed by atoms with Gasteiger partial charge < -0.3 is 10.1 Å². The zero-order valence-corrected chi connectivity index (χ0v) is 9.46. The Morgan fingerprint density at radius 3 is 2.93 bits per heavy atom. The highest BCUT2D eigenvalue weighted by atomic mass is 35.5. The average Bonchev–Trinajstić information content (AvgIpc) is 2.25. The van der Waals surface area contributed by atoms with Crippen molar-refractivity contribution < 1.29 is 4.74 Å². The second kappa shape index (κ2) is 7.32. The fourth-order valence-electron chi connectivity index (χ4n) is 1.23. The summed E-state index contributed by atoms with van der Waals surface area (Å²) >= 11 is 6.01. The predicted octanol–water partition coefficient (Wildman–Crippen LogP) is 2.98. The second-order valence-corrected chi connectivity index (χ2v) is 3.57. The van der Waals surface area contributed by atoms with Crippen LogP contribution in [-0.2, 0) is 11.3 Å². The van der Waals surface area contributed by atoms with Crippen LogP contribution in [0.15, 0.2) is 37.1 Å². The molecule has 0 aliphatic rings. The molecule has 15 heavy (non-hydrogen) atoms. The number of hydrogen-bond donors (Lipinski definition) is 1. The minimum atomic E-state index is 0.707. The first-order valence-corrected chi connectivity index (χ1v) is 5.39. The van der Waals surface area contributed by atoms with Crippen LogP contribution in [0.5, 0.6) is 0 Å². The molecule has 0 radical (unpaired) electrons. The Kier molecular flexibility index (Phi) is 5.90. The molecule has 2 nitrogen and oxygen atoms in total. The quantitative estimate of drug-likeness (QED) is 0.569. The van der Waals surface area contributed by atoms with E-state index in [4.69, 9.17) is 16.3 Å². The van der Waals surface area contributed by atoms with Crippen molar-refractivity contribution in [1.29, 1.82) is 0 Å². The van der Waals surface area contributed by atoms with Crippen molar-refractivity contribution in [2.24, 2.45) is 0 Å². The molecule has 0 atom stereocenters. The molecule has 0 spiro atoms. The zero-order valence-electron chi connectivity index (χ0n) is 8.71. The Balaban J connectivity index is 2.15. The molecule has 0 amide bonds. The Labute approximate surface area is 95.9 Å². The number of benzene rings is 1. The van der Waals surface area contributed by atoms with Crippen LogP contribution >= 0.6 is 11.6 Å². The van der Waals surface area contributed by atoms with Crippen molar-refractivity contribution >= 4 is 11.6 Å². The lowest BCUT2D eigenvalue weighted by atomic mass is 10.2. The van der Waals surface area contributed by atoms with Crippen LogP contribution in [0.4, 0.5) is 0 Å². The third kappa shape index (κ3) is 4.86. The van der Waals surface area contributed by atoms with Gasteiger partial charge in [-0.15, -0.1) is 0 Å². The molecule has 82 valence electrons. The fourth-order valence-corrected chi connectivity index (χ4v) is 1.43. The van der Waals surface area contributed by atoms with E-state index in [1.54, 1.807) is 0 Å². The van der Waals surface area contributed by atoms with Gasteiger partial charge in [-0.2, -0.15) is 0 Å². The molecular formula is C12H16ClNO. The highest BCUT2D eigenvalue weighted by molar-refractivity contribution is 6.31. The summed E-state index contributed by atoms with van der Waals surface area (Å²) in [4.78, 5) is 0. The van der Waals surface area contributed by atoms with Gasteiger partial charge in [0.05, 0.1) is 12.9 Å². The lowest BCUT2D eigenvalue weighted by molar-refractivity contribution is 0.244. The number of hydrogen-bond acceptors (Lipinski definition) is 2. The maximum atomic E-state index is 6.01. The fraction of sp³-hybridized carbons (Fsp3) is 0.333. The van der Waals surface area contributed by atoms with E-state index in [0.29, 0.717) is 6.61 Å². The van der Waals surface area contributed by atoms with Crippen LogP contribution in [0.2, 0.25) is 5.02 Å². The minimum Gasteiger partial charge on any atom is -0.502 e. The maximum Gasteiger partial charge on any atom is 0.0885 e. The number of rotatable bonds is 7. The third-order valence-corrected chi connectivity index (χ3v) is 2.38. The molecule has 1 aromatic carbocycles. The lowest BCUT2D eigenvalue weighted by Crippen LogP contribution is -2.16. The molecule has 0 saturated heterocycles. The summed E-state index contributed by atoms with van der Waals surface area (Å²) in [7, 11) is 0. The summed E-state index contributed by atoms with van der Waals surface area (Å²) in [5, 5.41) is 4.12. The highest BCUT2D eigenvalue weighted by Gasteiger charge is 1.97. The van der Waals surface area contributed by atoms with Crippen molar-refractivity contribution in [3.8, 4) is 0 Å². The summed E-state index contributed by atoms with van der Waals surface area (Å²) in [5.41, 5.74) is 1.13. The summed E-state index contributed by atoms with van der Waals surface area (Å²) in [6.45, 7) is 5.90. The van der Waals surface area contributed by atoms with E-state index in [-0.39, 0.29) is 0 Å². The van der Waals surface area contributed by atoms with E-state index in [1.807, 2.05) is 24.3 Å². The van der Waals surface area contributed by atoms with Gasteiger partial charge in [-0.1, -0.05) is 36.4 Å². The second-order valence-electron chi connectivity index (χ2n) is 3.16. The first-order chi connectivity index (χ1) is 7.34. The van der Waals surface area contributed by atoms with Crippen LogP contribution in [0, 0.1) is 0 Å². The third-order valence-electron chi connectivity index (χ3n) is 2.01. The average molecular weight is 226 g/mol. The van der Waals surface area contributed by atoms with Gasteiger partial charge in [0.25, 0.3) is 0 Å². The van der Waals surface area contributed by atoms with Crippen LogP contribution in [-0.4, -0.2) is 13.2 Å². The van der Waals surface area contributed by atoms with Gasteiger partial charge in [0, 0.05) is 11.6 Å². The SMILES string of the molecule is C=COCCCNCc1ccccc1Cl. The predicted molar refractivity (Wildman–Crippen MR) is 63.9 cm³/mol. The lowest BCUT2D eigenvalue weighted by Gasteiger charge is -2.06. The first-order valence-electron chi connectivity index (χ1n) is 5.01. The normalized spacial score (nSPS) is 9.93. The molecule has 1 rings (SSSR count). The molecule has 1 N–H and O–H groups in total. The van der Waals surface area contributed by atoms with Crippen LogP contribution in [0.3, 0.4) is 0 Å². The van der Waals surface area contributed by atoms with Gasteiger partial charge in [-0.25, -0.2) is 0 Å². The van der Waals surface area contributed by atoms with Crippen LogP contribution in [0.1, 0.15) is 12.0 Å². The molecule has 0 aromatic heterocycles. The molecule has 0 bridgehead atoms. The number of nitrogens with one attached hydrogen (secondary N) is 1. The zero-order chi connectivity index (χ0) is 10.9. The van der Waals surface area contributed by atoms with E-state index >= 15 is 0 Å². The molecule has 3 heteroatoms. The Morgan fingerprint density at radius 2 is 2.20 bits per heavy atom. The highest BCUT2D eigenvalue weighted by Crippen LogP contribution is 2.13. The van der Waals surface area contributed by atoms with E-state index in [0.717, 1.165) is 30.1 Å². The summed E-state index contributed by atoms with van der Waals surface area (Å²) < 4.78 is 5.01. The molecular weight excluding hydrogens is 210 g/mol. The Hall–Kier alpha value is -0.990. The van der Waals surface area contributed by atoms with Crippen LogP contribution < -0.4 is 5.32 Å². The van der Waals surface area contributed by atoms with Crippen molar-refractivity contribution in [3.63, 3.8) is 0 Å². The smallest absolute Gasteiger partial charge is 0.0885 e. The van der Waals surface area contributed by atoms with Gasteiger partial charge in [-0.3, -0.25) is 0 Å². The summed E-state index contributed by atoms with van der Waals surface area (Å²) in [6.07, 6.45) is 2.44. The molecule has 0 heterocycles. The first kappa shape index (κ1) is 12.1. The van der Waals surface area contributed by atoms with Gasteiger partial charge in [-0.05, 0) is 24.6 Å². The summed E-state index contributed by atoms with van der Waals surface area (Å²) in [6, 6.07) is 7.85.